The van der Waals surface area contributed by atoms with Crippen molar-refractivity contribution in [2.45, 2.75) is 12.8 Å². The summed E-state index contributed by atoms with van der Waals surface area (Å²) in [6, 6.07) is 4.11. The Kier molecular flexibility index (Phi) is 2.66. The highest BCUT2D eigenvalue weighted by Crippen LogP contribution is 2.35. The minimum Gasteiger partial charge on any atom is -0.316 e. The number of pyridine rings is 1. The molecule has 2 atom stereocenters. The molecule has 0 saturated carbocycles. The molecule has 0 amide bonds. The number of hydrogen-bond donors (Lipinski definition) is 1. The third kappa shape index (κ3) is 2.09. The first kappa shape index (κ1) is 10.5. The molecule has 0 radical (unpaired) electrons. The molecule has 17 heavy (non-hydrogen) atoms. The van der Waals surface area contributed by atoms with Gasteiger partial charge in [-0.15, -0.1) is 0 Å². The summed E-state index contributed by atoms with van der Waals surface area (Å²) < 4.78 is 0. The van der Waals surface area contributed by atoms with Gasteiger partial charge in [0, 0.05) is 18.9 Å². The lowest BCUT2D eigenvalue weighted by molar-refractivity contribution is 0.317. The van der Waals surface area contributed by atoms with Crippen molar-refractivity contribution in [3.63, 3.8) is 0 Å². The maximum Gasteiger partial charge on any atom is 0.101 e. The van der Waals surface area contributed by atoms with Crippen LogP contribution in [0.5, 0.6) is 0 Å². The number of nitrogens with one attached hydrogen (secondary N) is 1. The first-order valence-corrected chi connectivity index (χ1v) is 6.12. The van der Waals surface area contributed by atoms with Crippen molar-refractivity contribution in [3.05, 3.63) is 35.7 Å². The first-order valence-electron chi connectivity index (χ1n) is 6.12. The Labute approximate surface area is 101 Å². The third-order valence-corrected chi connectivity index (χ3v) is 3.66. The van der Waals surface area contributed by atoms with Crippen molar-refractivity contribution < 1.29 is 0 Å². The van der Waals surface area contributed by atoms with Crippen molar-refractivity contribution in [1.29, 1.82) is 5.26 Å². The third-order valence-electron chi connectivity index (χ3n) is 3.66. The van der Waals surface area contributed by atoms with Crippen LogP contribution in [-0.4, -0.2) is 18.1 Å². The molecule has 1 saturated heterocycles. The van der Waals surface area contributed by atoms with E-state index in [4.69, 9.17) is 5.26 Å². The largest absolute Gasteiger partial charge is 0.316 e. The minimum atomic E-state index is 0.650. The van der Waals surface area contributed by atoms with Gasteiger partial charge < -0.3 is 5.32 Å². The average Bonchev–Trinajstić information content (AvgIpc) is 2.38. The summed E-state index contributed by atoms with van der Waals surface area (Å²) >= 11 is 0. The summed E-state index contributed by atoms with van der Waals surface area (Å²) in [5.41, 5.74) is 3.15. The van der Waals surface area contributed by atoms with E-state index in [9.17, 15) is 0 Å². The lowest BCUT2D eigenvalue weighted by Crippen LogP contribution is -2.37. The number of piperidine rings is 1. The van der Waals surface area contributed by atoms with E-state index in [1.165, 1.54) is 12.0 Å². The van der Waals surface area contributed by atoms with Gasteiger partial charge >= 0.3 is 0 Å². The second-order valence-electron chi connectivity index (χ2n) is 4.99. The van der Waals surface area contributed by atoms with Gasteiger partial charge in [-0.05, 0) is 48.4 Å². The Morgan fingerprint density at radius 3 is 3.12 bits per heavy atom. The smallest absolute Gasteiger partial charge is 0.101 e. The summed E-state index contributed by atoms with van der Waals surface area (Å²) in [6.45, 7) is 2.21. The fourth-order valence-electron chi connectivity index (χ4n) is 2.90. The highest BCUT2D eigenvalue weighted by molar-refractivity contribution is 5.67. The Morgan fingerprint density at radius 1 is 1.35 bits per heavy atom. The SMILES string of the molecule is N#Cc1cncc(C2=C[C@H]3CNC[C@@H](C2)C3)c1. The summed E-state index contributed by atoms with van der Waals surface area (Å²) in [7, 11) is 0. The van der Waals surface area contributed by atoms with Gasteiger partial charge in [-0.1, -0.05) is 6.08 Å². The second-order valence-corrected chi connectivity index (χ2v) is 4.99. The Balaban J connectivity index is 1.93. The van der Waals surface area contributed by atoms with E-state index in [0.29, 0.717) is 11.5 Å². The van der Waals surface area contributed by atoms with Gasteiger partial charge in [0.2, 0.25) is 0 Å². The Bertz CT molecular complexity index is 498. The Morgan fingerprint density at radius 2 is 2.29 bits per heavy atom. The maximum absolute atomic E-state index is 8.90. The molecule has 1 aromatic heterocycles. The molecule has 2 aliphatic rings. The summed E-state index contributed by atoms with van der Waals surface area (Å²) in [5.74, 6) is 1.41. The minimum absolute atomic E-state index is 0.650. The average molecular weight is 225 g/mol. The first-order chi connectivity index (χ1) is 8.35. The Hall–Kier alpha value is -1.66. The van der Waals surface area contributed by atoms with Crippen molar-refractivity contribution in [1.82, 2.24) is 10.3 Å². The molecule has 1 aliphatic heterocycles. The molecule has 3 nitrogen and oxygen atoms in total. The molecular formula is C14H15N3. The van der Waals surface area contributed by atoms with Crippen molar-refractivity contribution >= 4 is 5.57 Å². The number of aromatic nitrogens is 1. The van der Waals surface area contributed by atoms with Gasteiger partial charge in [-0.25, -0.2) is 0 Å². The van der Waals surface area contributed by atoms with Crippen LogP contribution in [0, 0.1) is 23.2 Å². The van der Waals surface area contributed by atoms with E-state index in [0.717, 1.165) is 31.0 Å². The topological polar surface area (TPSA) is 48.7 Å². The van der Waals surface area contributed by atoms with Crippen LogP contribution >= 0.6 is 0 Å². The van der Waals surface area contributed by atoms with Gasteiger partial charge in [-0.3, -0.25) is 4.98 Å². The quantitative estimate of drug-likeness (QED) is 0.795. The van der Waals surface area contributed by atoms with Crippen molar-refractivity contribution in [2.75, 3.05) is 13.1 Å². The monoisotopic (exact) mass is 225 g/mol. The highest BCUT2D eigenvalue weighted by atomic mass is 14.9. The van der Waals surface area contributed by atoms with Crippen LogP contribution in [0.25, 0.3) is 5.57 Å². The molecule has 1 fully saturated rings. The van der Waals surface area contributed by atoms with E-state index in [1.54, 1.807) is 6.20 Å². The fourth-order valence-corrected chi connectivity index (χ4v) is 2.90. The summed E-state index contributed by atoms with van der Waals surface area (Å²) in [4.78, 5) is 4.15. The van der Waals surface area contributed by atoms with Crippen LogP contribution in [0.2, 0.25) is 0 Å². The molecule has 2 bridgehead atoms. The van der Waals surface area contributed by atoms with Gasteiger partial charge in [-0.2, -0.15) is 5.26 Å². The molecule has 86 valence electrons. The van der Waals surface area contributed by atoms with Gasteiger partial charge in [0.15, 0.2) is 0 Å². The van der Waals surface area contributed by atoms with E-state index in [2.05, 4.69) is 22.4 Å². The van der Waals surface area contributed by atoms with E-state index >= 15 is 0 Å². The predicted octanol–water partition coefficient (Wildman–Crippen LogP) is 1.97. The number of fused-ring (bicyclic) bond motifs is 2. The zero-order valence-corrected chi connectivity index (χ0v) is 9.69. The molecule has 0 unspecified atom stereocenters. The molecule has 2 heterocycles. The molecule has 1 N–H and O–H groups in total. The molecule has 0 aromatic carbocycles. The number of rotatable bonds is 1. The molecule has 3 rings (SSSR count). The molecule has 1 aromatic rings. The van der Waals surface area contributed by atoms with Crippen LogP contribution in [0.4, 0.5) is 0 Å². The van der Waals surface area contributed by atoms with Gasteiger partial charge in [0.1, 0.15) is 6.07 Å². The van der Waals surface area contributed by atoms with E-state index < -0.39 is 0 Å². The van der Waals surface area contributed by atoms with Crippen LogP contribution < -0.4 is 5.32 Å². The molecular weight excluding hydrogens is 210 g/mol. The van der Waals surface area contributed by atoms with Gasteiger partial charge in [0.05, 0.1) is 5.56 Å². The number of nitrogens with zero attached hydrogens (tertiary/aromatic N) is 2. The van der Waals surface area contributed by atoms with Gasteiger partial charge in [0.25, 0.3) is 0 Å². The lowest BCUT2D eigenvalue weighted by Gasteiger charge is -2.34. The number of allylic oxidation sites excluding steroid dienone is 1. The normalized spacial score (nSPS) is 27.1. The lowest BCUT2D eigenvalue weighted by atomic mass is 9.78. The van der Waals surface area contributed by atoms with E-state index in [1.807, 2.05) is 12.3 Å². The summed E-state index contributed by atoms with van der Waals surface area (Å²) in [5, 5.41) is 12.4. The highest BCUT2D eigenvalue weighted by Gasteiger charge is 2.26. The zero-order valence-electron chi connectivity index (χ0n) is 9.69. The zero-order chi connectivity index (χ0) is 11.7. The summed E-state index contributed by atoms with van der Waals surface area (Å²) in [6.07, 6.45) is 8.28. The van der Waals surface area contributed by atoms with Crippen LogP contribution in [0.3, 0.4) is 0 Å². The molecule has 3 heteroatoms. The van der Waals surface area contributed by atoms with Crippen LogP contribution in [0.1, 0.15) is 24.0 Å². The second kappa shape index (κ2) is 4.31. The number of nitriles is 1. The van der Waals surface area contributed by atoms with Crippen LogP contribution in [0.15, 0.2) is 24.5 Å². The molecule has 0 spiro atoms. The van der Waals surface area contributed by atoms with Crippen LogP contribution in [-0.2, 0) is 0 Å². The van der Waals surface area contributed by atoms with Crippen molar-refractivity contribution in [2.24, 2.45) is 11.8 Å². The van der Waals surface area contributed by atoms with Crippen molar-refractivity contribution in [3.8, 4) is 6.07 Å². The molecule has 1 aliphatic carbocycles. The predicted molar refractivity (Wildman–Crippen MR) is 66.0 cm³/mol. The standard InChI is InChI=1S/C14H15N3/c15-5-12-4-14(9-17-8-12)13-2-10-1-11(3-13)7-16-6-10/h2,4,8-11,16H,1,3,6-7H2/t10-,11+/m0/s1. The number of hydrogen-bond acceptors (Lipinski definition) is 3. The fraction of sp³-hybridized carbons (Fsp3) is 0.429. The maximum atomic E-state index is 8.90. The van der Waals surface area contributed by atoms with E-state index in [-0.39, 0.29) is 0 Å².